The molecule has 0 radical (unpaired) electrons. The van der Waals surface area contributed by atoms with Gasteiger partial charge in [0.15, 0.2) is 0 Å². The van der Waals surface area contributed by atoms with E-state index in [4.69, 9.17) is 5.73 Å². The van der Waals surface area contributed by atoms with Crippen LogP contribution < -0.4 is 5.73 Å². The van der Waals surface area contributed by atoms with Crippen molar-refractivity contribution >= 4 is 0 Å². The van der Waals surface area contributed by atoms with Crippen molar-refractivity contribution in [2.45, 2.75) is 47.6 Å². The highest BCUT2D eigenvalue weighted by molar-refractivity contribution is 5.50. The maximum Gasteiger partial charge on any atom is 0.0559 e. The first-order valence-corrected chi connectivity index (χ1v) is 7.23. The molecule has 2 aromatic carbocycles. The summed E-state index contributed by atoms with van der Waals surface area (Å²) in [4.78, 5) is 0. The quantitative estimate of drug-likeness (QED) is 0.846. The summed E-state index contributed by atoms with van der Waals surface area (Å²) >= 11 is 0. The number of hydrogen-bond donors (Lipinski definition) is 1. The molecule has 1 heteroatoms. The second-order valence-electron chi connectivity index (χ2n) is 6.01. The molecule has 0 aliphatic carbocycles. The number of hydrogen-bond acceptors (Lipinski definition) is 1. The summed E-state index contributed by atoms with van der Waals surface area (Å²) < 4.78 is 0. The van der Waals surface area contributed by atoms with E-state index in [-0.39, 0.29) is 6.04 Å². The van der Waals surface area contributed by atoms with Crippen LogP contribution >= 0.6 is 0 Å². The summed E-state index contributed by atoms with van der Waals surface area (Å²) in [5.74, 6) is 0. The van der Waals surface area contributed by atoms with Crippen LogP contribution in [0.3, 0.4) is 0 Å². The van der Waals surface area contributed by atoms with E-state index >= 15 is 0 Å². The molecule has 2 aromatic rings. The normalized spacial score (nSPS) is 12.6. The second kappa shape index (κ2) is 5.41. The molecule has 0 bridgehead atoms. The van der Waals surface area contributed by atoms with Gasteiger partial charge in [-0.3, -0.25) is 0 Å². The molecule has 0 aliphatic heterocycles. The highest BCUT2D eigenvalue weighted by Crippen LogP contribution is 2.31. The first-order valence-electron chi connectivity index (χ1n) is 7.23. The largest absolute Gasteiger partial charge is 0.320 e. The topological polar surface area (TPSA) is 26.0 Å². The molecule has 20 heavy (non-hydrogen) atoms. The van der Waals surface area contributed by atoms with Crippen molar-refractivity contribution in [1.82, 2.24) is 0 Å². The molecule has 0 saturated carbocycles. The maximum absolute atomic E-state index is 6.63. The van der Waals surface area contributed by atoms with Crippen LogP contribution in [-0.4, -0.2) is 0 Å². The van der Waals surface area contributed by atoms with Crippen molar-refractivity contribution in [3.05, 3.63) is 68.8 Å². The Bertz CT molecular complexity index is 627. The first-order chi connectivity index (χ1) is 9.32. The third-order valence-electron chi connectivity index (χ3n) is 4.50. The van der Waals surface area contributed by atoms with E-state index in [0.29, 0.717) is 0 Å². The molecule has 1 atom stereocenters. The van der Waals surface area contributed by atoms with Gasteiger partial charge in [-0.1, -0.05) is 29.8 Å². The Labute approximate surface area is 122 Å². The van der Waals surface area contributed by atoms with Crippen LogP contribution in [0.25, 0.3) is 0 Å². The minimum Gasteiger partial charge on any atom is -0.320 e. The lowest BCUT2D eigenvalue weighted by molar-refractivity contribution is 0.835. The summed E-state index contributed by atoms with van der Waals surface area (Å²) in [6.07, 6.45) is 0. The Hall–Kier alpha value is -1.60. The molecule has 0 fully saturated rings. The Morgan fingerprint density at radius 2 is 1.30 bits per heavy atom. The van der Waals surface area contributed by atoms with Crippen molar-refractivity contribution in [3.8, 4) is 0 Å². The lowest BCUT2D eigenvalue weighted by atomic mass is 9.85. The minimum absolute atomic E-state index is 0.0477. The lowest BCUT2D eigenvalue weighted by Crippen LogP contribution is -2.17. The van der Waals surface area contributed by atoms with Gasteiger partial charge >= 0.3 is 0 Å². The van der Waals surface area contributed by atoms with Crippen molar-refractivity contribution < 1.29 is 0 Å². The molecule has 0 aliphatic rings. The van der Waals surface area contributed by atoms with E-state index in [1.54, 1.807) is 0 Å². The average molecular weight is 267 g/mol. The van der Waals surface area contributed by atoms with E-state index < -0.39 is 0 Å². The van der Waals surface area contributed by atoms with Crippen molar-refractivity contribution in [3.63, 3.8) is 0 Å². The van der Waals surface area contributed by atoms with E-state index in [2.05, 4.69) is 65.8 Å². The Kier molecular flexibility index (Phi) is 4.01. The van der Waals surface area contributed by atoms with Crippen LogP contribution in [0.5, 0.6) is 0 Å². The van der Waals surface area contributed by atoms with Crippen LogP contribution in [0.4, 0.5) is 0 Å². The third-order valence-corrected chi connectivity index (χ3v) is 4.50. The van der Waals surface area contributed by atoms with E-state index in [9.17, 15) is 0 Å². The summed E-state index contributed by atoms with van der Waals surface area (Å²) in [6, 6.07) is 8.74. The molecular formula is C19H25N. The van der Waals surface area contributed by atoms with Gasteiger partial charge in [-0.05, 0) is 80.5 Å². The van der Waals surface area contributed by atoms with Crippen LogP contribution in [0.2, 0.25) is 0 Å². The Morgan fingerprint density at radius 1 is 0.750 bits per heavy atom. The van der Waals surface area contributed by atoms with Gasteiger partial charge in [0.25, 0.3) is 0 Å². The molecule has 0 saturated heterocycles. The van der Waals surface area contributed by atoms with Crippen LogP contribution in [0.1, 0.15) is 50.5 Å². The molecule has 2 N–H and O–H groups in total. The Balaban J connectivity index is 2.65. The number of nitrogens with two attached hydrogens (primary N) is 1. The van der Waals surface area contributed by atoms with Gasteiger partial charge in [0.2, 0.25) is 0 Å². The molecule has 2 rings (SSSR count). The number of aryl methyl sites for hydroxylation is 4. The summed E-state index contributed by atoms with van der Waals surface area (Å²) in [5, 5.41) is 0. The van der Waals surface area contributed by atoms with Crippen molar-refractivity contribution in [1.29, 1.82) is 0 Å². The van der Waals surface area contributed by atoms with Crippen LogP contribution in [0.15, 0.2) is 24.3 Å². The number of benzene rings is 2. The van der Waals surface area contributed by atoms with Crippen molar-refractivity contribution in [2.24, 2.45) is 5.73 Å². The fourth-order valence-electron chi connectivity index (χ4n) is 2.96. The summed E-state index contributed by atoms with van der Waals surface area (Å²) in [7, 11) is 0. The van der Waals surface area contributed by atoms with Crippen LogP contribution in [0, 0.1) is 41.5 Å². The number of rotatable bonds is 2. The smallest absolute Gasteiger partial charge is 0.0559 e. The fraction of sp³-hybridized carbons (Fsp3) is 0.368. The predicted octanol–water partition coefficient (Wildman–Crippen LogP) is 4.59. The van der Waals surface area contributed by atoms with Gasteiger partial charge in [-0.2, -0.15) is 0 Å². The van der Waals surface area contributed by atoms with Gasteiger partial charge in [-0.15, -0.1) is 0 Å². The van der Waals surface area contributed by atoms with Crippen molar-refractivity contribution in [2.75, 3.05) is 0 Å². The second-order valence-corrected chi connectivity index (χ2v) is 6.01. The monoisotopic (exact) mass is 267 g/mol. The Morgan fingerprint density at radius 3 is 1.85 bits per heavy atom. The molecule has 0 amide bonds. The molecular weight excluding hydrogens is 242 g/mol. The fourth-order valence-corrected chi connectivity index (χ4v) is 2.96. The van der Waals surface area contributed by atoms with E-state index in [1.807, 2.05) is 0 Å². The molecule has 1 unspecified atom stereocenters. The van der Waals surface area contributed by atoms with E-state index in [1.165, 1.54) is 44.5 Å². The lowest BCUT2D eigenvalue weighted by Gasteiger charge is -2.23. The molecule has 0 aromatic heterocycles. The summed E-state index contributed by atoms with van der Waals surface area (Å²) in [6.45, 7) is 13.0. The highest BCUT2D eigenvalue weighted by Gasteiger charge is 2.18. The zero-order chi connectivity index (χ0) is 15.0. The van der Waals surface area contributed by atoms with Gasteiger partial charge in [0, 0.05) is 0 Å². The summed E-state index contributed by atoms with van der Waals surface area (Å²) in [5.41, 5.74) is 17.0. The molecule has 1 nitrogen and oxygen atoms in total. The maximum atomic E-state index is 6.63. The molecule has 0 spiro atoms. The van der Waals surface area contributed by atoms with Gasteiger partial charge in [0.05, 0.1) is 6.04 Å². The minimum atomic E-state index is -0.0477. The first kappa shape index (κ1) is 14.8. The average Bonchev–Trinajstić information content (AvgIpc) is 2.39. The predicted molar refractivity (Wildman–Crippen MR) is 87.3 cm³/mol. The third kappa shape index (κ3) is 2.51. The zero-order valence-electron chi connectivity index (χ0n) is 13.5. The standard InChI is InChI=1S/C19H25N/c1-11-7-8-12(2)17(9-11)19(20)18-15(5)13(3)10-14(4)16(18)6/h7-10,19H,20H2,1-6H3. The van der Waals surface area contributed by atoms with Gasteiger partial charge in [0.1, 0.15) is 0 Å². The SMILES string of the molecule is Cc1ccc(C)c(C(N)c2c(C)c(C)cc(C)c2C)c1. The van der Waals surface area contributed by atoms with E-state index in [0.717, 1.165) is 0 Å². The van der Waals surface area contributed by atoms with Gasteiger partial charge in [-0.25, -0.2) is 0 Å². The molecule has 106 valence electrons. The van der Waals surface area contributed by atoms with Gasteiger partial charge < -0.3 is 5.73 Å². The van der Waals surface area contributed by atoms with Crippen LogP contribution in [-0.2, 0) is 0 Å². The molecule has 0 heterocycles. The highest BCUT2D eigenvalue weighted by atomic mass is 14.6. The zero-order valence-corrected chi connectivity index (χ0v) is 13.5.